The first-order valence-corrected chi connectivity index (χ1v) is 17.3. The van der Waals surface area contributed by atoms with Crippen molar-refractivity contribution in [1.82, 2.24) is 4.90 Å². The van der Waals surface area contributed by atoms with Crippen molar-refractivity contribution in [3.8, 4) is 0 Å². The van der Waals surface area contributed by atoms with Gasteiger partial charge in [-0.15, -0.1) is 0 Å². The molecule has 0 radical (unpaired) electrons. The summed E-state index contributed by atoms with van der Waals surface area (Å²) in [7, 11) is -3.15. The van der Waals surface area contributed by atoms with E-state index in [1.165, 1.54) is 0 Å². The monoisotopic (exact) mass is 576 g/mol. The van der Waals surface area contributed by atoms with E-state index < -0.39 is 14.5 Å². The van der Waals surface area contributed by atoms with Gasteiger partial charge in [0, 0.05) is 30.0 Å². The molecule has 1 saturated heterocycles. The lowest BCUT2D eigenvalue weighted by Gasteiger charge is -2.30. The number of hydrogen-bond donors (Lipinski definition) is 1. The maximum Gasteiger partial charge on any atom is 0.246 e. The molecule has 2 amide bonds. The molecule has 6 nitrogen and oxygen atoms in total. The number of amides is 2. The molecule has 1 aliphatic heterocycles. The maximum absolute atomic E-state index is 15.7. The minimum absolute atomic E-state index is 0.0288. The van der Waals surface area contributed by atoms with Gasteiger partial charge in [-0.1, -0.05) is 67.6 Å². The van der Waals surface area contributed by atoms with Crippen LogP contribution in [0.25, 0.3) is 0 Å². The Labute approximate surface area is 243 Å². The topological polar surface area (TPSA) is 70.1 Å². The number of nitrogens with zero attached hydrogens (tertiary/aromatic N) is 2. The summed E-state index contributed by atoms with van der Waals surface area (Å²) in [6.45, 7) is 5.92. The minimum atomic E-state index is -3.15. The number of ether oxygens (including phenoxy) is 1. The third kappa shape index (κ3) is 7.90. The highest BCUT2D eigenvalue weighted by Crippen LogP contribution is 2.47. The van der Waals surface area contributed by atoms with Crippen LogP contribution in [-0.2, 0) is 27.3 Å². The van der Waals surface area contributed by atoms with E-state index in [1.54, 1.807) is 22.9 Å². The lowest BCUT2D eigenvalue weighted by Crippen LogP contribution is -2.40. The molecule has 4 atom stereocenters. The molecular formula is C33H41FN2O4Si. The number of benzene rings is 3. The van der Waals surface area contributed by atoms with Gasteiger partial charge < -0.3 is 18.9 Å². The number of aliphatic hydroxyl groups excluding tert-OH is 1. The number of rotatable bonds is 13. The van der Waals surface area contributed by atoms with Crippen LogP contribution in [0.4, 0.5) is 15.5 Å². The average Bonchev–Trinajstić information content (AvgIpc) is 3.28. The van der Waals surface area contributed by atoms with E-state index in [0.717, 1.165) is 28.9 Å². The highest BCUT2D eigenvalue weighted by Gasteiger charge is 2.51. The van der Waals surface area contributed by atoms with E-state index in [-0.39, 0.29) is 43.0 Å². The van der Waals surface area contributed by atoms with Crippen LogP contribution in [-0.4, -0.2) is 56.1 Å². The summed E-state index contributed by atoms with van der Waals surface area (Å²) in [5, 5.41) is 9.60. The lowest BCUT2D eigenvalue weighted by atomic mass is 9.95. The summed E-state index contributed by atoms with van der Waals surface area (Å²) in [5.74, 6) is -0.162. The predicted molar refractivity (Wildman–Crippen MR) is 163 cm³/mol. The van der Waals surface area contributed by atoms with Crippen molar-refractivity contribution < 1.29 is 23.5 Å². The van der Waals surface area contributed by atoms with Gasteiger partial charge in [0.25, 0.3) is 0 Å². The molecule has 0 saturated carbocycles. The summed E-state index contributed by atoms with van der Waals surface area (Å²) >= 11 is 0. The summed E-state index contributed by atoms with van der Waals surface area (Å²) in [4.78, 5) is 28.6. The van der Waals surface area contributed by atoms with Gasteiger partial charge >= 0.3 is 0 Å². The third-order valence-corrected chi connectivity index (χ3v) is 10.5. The van der Waals surface area contributed by atoms with Crippen molar-refractivity contribution in [2.24, 2.45) is 5.92 Å². The predicted octanol–water partition coefficient (Wildman–Crippen LogP) is 6.27. The molecule has 3 aromatic rings. The van der Waals surface area contributed by atoms with Gasteiger partial charge in [0.1, 0.15) is 0 Å². The Hall–Kier alpha value is -3.33. The van der Waals surface area contributed by atoms with Crippen LogP contribution in [0.5, 0.6) is 0 Å². The van der Waals surface area contributed by atoms with E-state index in [2.05, 4.69) is 0 Å². The molecule has 0 aliphatic carbocycles. The second-order valence-electron chi connectivity index (χ2n) is 11.4. The SMILES string of the molecule is C[C@@H]1[C@@H]([Si](C)(C)F)[C@H](CC(=O)N(CCO)Cc2ccccc2)O[C@@H]1CCc1cccc(N(C=O)c2ccccc2)c1. The quantitative estimate of drug-likeness (QED) is 0.148. The van der Waals surface area contributed by atoms with E-state index in [1.807, 2.05) is 91.9 Å². The zero-order chi connectivity index (χ0) is 29.4. The first kappa shape index (κ1) is 30.6. The van der Waals surface area contributed by atoms with E-state index >= 15 is 4.11 Å². The van der Waals surface area contributed by atoms with Crippen LogP contribution in [0.2, 0.25) is 18.6 Å². The fourth-order valence-electron chi connectivity index (χ4n) is 6.12. The van der Waals surface area contributed by atoms with Crippen molar-refractivity contribution in [2.75, 3.05) is 18.1 Å². The summed E-state index contributed by atoms with van der Waals surface area (Å²) in [6, 6.07) is 27.0. The maximum atomic E-state index is 15.7. The number of anilines is 2. The Balaban J connectivity index is 1.45. The molecule has 41 heavy (non-hydrogen) atoms. The van der Waals surface area contributed by atoms with Crippen LogP contribution in [0.15, 0.2) is 84.9 Å². The zero-order valence-corrected chi connectivity index (χ0v) is 25.2. The third-order valence-electron chi connectivity index (χ3n) is 8.06. The van der Waals surface area contributed by atoms with Crippen molar-refractivity contribution >= 4 is 32.1 Å². The number of carbonyl (C=O) groups excluding carboxylic acids is 2. The molecule has 8 heteroatoms. The Bertz CT molecular complexity index is 1270. The number of carbonyl (C=O) groups is 2. The van der Waals surface area contributed by atoms with Gasteiger partial charge in [-0.05, 0) is 67.2 Å². The second kappa shape index (κ2) is 14.0. The summed E-state index contributed by atoms with van der Waals surface area (Å²) in [6.07, 6.45) is 1.62. The fourth-order valence-corrected chi connectivity index (χ4v) is 8.67. The molecule has 0 bridgehead atoms. The van der Waals surface area contributed by atoms with Crippen molar-refractivity contribution in [3.05, 3.63) is 96.1 Å². The van der Waals surface area contributed by atoms with Crippen LogP contribution in [0.3, 0.4) is 0 Å². The summed E-state index contributed by atoms with van der Waals surface area (Å²) < 4.78 is 22.1. The highest BCUT2D eigenvalue weighted by atomic mass is 28.4. The normalized spacial score (nSPS) is 20.5. The van der Waals surface area contributed by atoms with Crippen LogP contribution < -0.4 is 4.90 Å². The molecule has 4 rings (SSSR count). The van der Waals surface area contributed by atoms with Gasteiger partial charge in [0.2, 0.25) is 20.7 Å². The van der Waals surface area contributed by atoms with Gasteiger partial charge in [0.05, 0.1) is 25.2 Å². The largest absolute Gasteiger partial charge is 0.395 e. The molecule has 1 aliphatic rings. The molecular weight excluding hydrogens is 535 g/mol. The van der Waals surface area contributed by atoms with Crippen LogP contribution in [0, 0.1) is 5.92 Å². The van der Waals surface area contributed by atoms with Crippen molar-refractivity contribution in [3.63, 3.8) is 0 Å². The zero-order valence-electron chi connectivity index (χ0n) is 24.2. The van der Waals surface area contributed by atoms with E-state index in [9.17, 15) is 14.7 Å². The molecule has 0 unspecified atom stereocenters. The standard InChI is InChI=1S/C33H41FN2O4Si/c1-25-30(18-17-26-13-10-16-29(21-26)36(24-38)28-14-8-5-9-15-28)40-31(33(25)41(2,3)34)22-32(39)35(19-20-37)23-27-11-6-4-7-12-27/h4-16,21,24-25,30-31,33,37H,17-20,22-23H2,1-3H3/t25-,30+,31-,33+/m0/s1. The molecule has 0 aromatic heterocycles. The van der Waals surface area contributed by atoms with E-state index in [0.29, 0.717) is 19.4 Å². The van der Waals surface area contributed by atoms with Gasteiger partial charge in [-0.2, -0.15) is 0 Å². The molecule has 1 N–H and O–H groups in total. The summed E-state index contributed by atoms with van der Waals surface area (Å²) in [5.41, 5.74) is 3.31. The Morgan fingerprint density at radius 2 is 1.59 bits per heavy atom. The Morgan fingerprint density at radius 1 is 0.951 bits per heavy atom. The minimum Gasteiger partial charge on any atom is -0.395 e. The van der Waals surface area contributed by atoms with Gasteiger partial charge in [-0.3, -0.25) is 14.5 Å². The number of aryl methyl sites for hydroxylation is 1. The average molecular weight is 577 g/mol. The molecule has 1 fully saturated rings. The van der Waals surface area contributed by atoms with Crippen LogP contribution in [0.1, 0.15) is 30.9 Å². The molecule has 0 spiro atoms. The van der Waals surface area contributed by atoms with Crippen molar-refractivity contribution in [1.29, 1.82) is 0 Å². The fraction of sp³-hybridized carbons (Fsp3) is 0.394. The van der Waals surface area contributed by atoms with Crippen molar-refractivity contribution in [2.45, 2.75) is 63.6 Å². The molecule has 218 valence electrons. The highest BCUT2D eigenvalue weighted by molar-refractivity contribution is 6.72. The smallest absolute Gasteiger partial charge is 0.246 e. The number of para-hydroxylation sites is 1. The Morgan fingerprint density at radius 3 is 2.22 bits per heavy atom. The second-order valence-corrected chi connectivity index (χ2v) is 15.2. The molecule has 3 aromatic carbocycles. The Kier molecular flexibility index (Phi) is 10.5. The van der Waals surface area contributed by atoms with E-state index in [4.69, 9.17) is 4.74 Å². The number of aliphatic hydroxyl groups is 1. The number of halogens is 1. The number of hydrogen-bond acceptors (Lipinski definition) is 4. The van der Waals surface area contributed by atoms with Gasteiger partial charge in [-0.25, -0.2) is 0 Å². The first-order chi connectivity index (χ1) is 19.7. The van der Waals surface area contributed by atoms with Gasteiger partial charge in [0.15, 0.2) is 0 Å². The first-order valence-electron chi connectivity index (χ1n) is 14.4. The lowest BCUT2D eigenvalue weighted by molar-refractivity contribution is -0.135. The molecule has 1 heterocycles. The van der Waals surface area contributed by atoms with Crippen LogP contribution >= 0.6 is 0 Å².